The van der Waals surface area contributed by atoms with Crippen molar-refractivity contribution in [1.29, 1.82) is 0 Å². The predicted octanol–water partition coefficient (Wildman–Crippen LogP) is 3.96. The van der Waals surface area contributed by atoms with Gasteiger partial charge in [0.2, 0.25) is 0 Å². The van der Waals surface area contributed by atoms with Crippen LogP contribution in [-0.4, -0.2) is 23.5 Å². The molecule has 0 fully saturated rings. The van der Waals surface area contributed by atoms with Crippen molar-refractivity contribution < 1.29 is 14.3 Å². The van der Waals surface area contributed by atoms with Gasteiger partial charge < -0.3 is 4.74 Å². The van der Waals surface area contributed by atoms with Crippen LogP contribution >= 0.6 is 0 Å². The maximum atomic E-state index is 12.6. The minimum Gasteiger partial charge on any atom is -0.443 e. The number of amides is 1. The van der Waals surface area contributed by atoms with Crippen LogP contribution in [0, 0.1) is 12.8 Å². The summed E-state index contributed by atoms with van der Waals surface area (Å²) in [7, 11) is 0. The molecule has 1 aliphatic heterocycles. The van der Waals surface area contributed by atoms with Crippen molar-refractivity contribution in [3.05, 3.63) is 29.3 Å². The average Bonchev–Trinajstić information content (AvgIpc) is 2.35. The van der Waals surface area contributed by atoms with Gasteiger partial charge in [-0.1, -0.05) is 19.1 Å². The molecule has 0 saturated heterocycles. The fourth-order valence-corrected chi connectivity index (χ4v) is 2.64. The number of Topliss-reactive ketones (excluding diaryl/α,β-unsaturated/α-hetero) is 1. The van der Waals surface area contributed by atoms with Crippen molar-refractivity contribution in [2.45, 2.75) is 53.2 Å². The molecular formula is C17H23NO3. The zero-order valence-electron chi connectivity index (χ0n) is 13.6. The third kappa shape index (κ3) is 2.80. The lowest BCUT2D eigenvalue weighted by molar-refractivity contribution is 0.0551. The first-order valence-corrected chi connectivity index (χ1v) is 7.29. The fourth-order valence-electron chi connectivity index (χ4n) is 2.64. The average molecular weight is 289 g/mol. The topological polar surface area (TPSA) is 46.6 Å². The van der Waals surface area contributed by atoms with Crippen molar-refractivity contribution in [2.75, 3.05) is 4.90 Å². The number of aryl methyl sites for hydroxylation is 1. The molecule has 21 heavy (non-hydrogen) atoms. The molecule has 1 aliphatic rings. The largest absolute Gasteiger partial charge is 0.443 e. The third-order valence-corrected chi connectivity index (χ3v) is 3.88. The molecule has 0 saturated carbocycles. The molecule has 1 heterocycles. The molecule has 4 heteroatoms. The quantitative estimate of drug-likeness (QED) is 0.726. The minimum absolute atomic E-state index is 0.0843. The molecule has 2 rings (SSSR count). The van der Waals surface area contributed by atoms with E-state index in [2.05, 4.69) is 0 Å². The Morgan fingerprint density at radius 3 is 2.43 bits per heavy atom. The van der Waals surface area contributed by atoms with Gasteiger partial charge >= 0.3 is 6.09 Å². The Hall–Kier alpha value is -1.84. The van der Waals surface area contributed by atoms with Crippen LogP contribution in [0.1, 0.15) is 50.5 Å². The number of para-hydroxylation sites is 1. The van der Waals surface area contributed by atoms with Gasteiger partial charge in [-0.15, -0.1) is 0 Å². The zero-order chi connectivity index (χ0) is 15.9. The number of nitrogens with zero attached hydrogens (tertiary/aromatic N) is 1. The lowest BCUT2D eigenvalue weighted by Crippen LogP contribution is -2.50. The maximum absolute atomic E-state index is 12.6. The van der Waals surface area contributed by atoms with Gasteiger partial charge in [-0.2, -0.15) is 0 Å². The molecule has 1 amide bonds. The van der Waals surface area contributed by atoms with Gasteiger partial charge in [-0.3, -0.25) is 9.69 Å². The molecule has 0 aliphatic carbocycles. The van der Waals surface area contributed by atoms with E-state index in [4.69, 9.17) is 4.74 Å². The Balaban J connectivity index is 2.53. The highest BCUT2D eigenvalue weighted by Crippen LogP contribution is 2.37. The molecule has 1 aromatic rings. The summed E-state index contributed by atoms with van der Waals surface area (Å²) in [6, 6.07) is 5.32. The summed E-state index contributed by atoms with van der Waals surface area (Å²) in [5.74, 6) is -0.159. The highest BCUT2D eigenvalue weighted by Gasteiger charge is 2.40. The van der Waals surface area contributed by atoms with Crippen molar-refractivity contribution in [1.82, 2.24) is 0 Å². The van der Waals surface area contributed by atoms with Crippen molar-refractivity contribution in [2.24, 2.45) is 5.92 Å². The number of carbonyl (C=O) groups is 2. The SMILES string of the molecule is Cc1cccc2c1N(C(=O)OC(C)(C)C)C(C)C(C)C2=O. The molecule has 0 radical (unpaired) electrons. The summed E-state index contributed by atoms with van der Waals surface area (Å²) in [6.45, 7) is 11.2. The Morgan fingerprint density at radius 1 is 1.24 bits per heavy atom. The number of benzene rings is 1. The van der Waals surface area contributed by atoms with Crippen LogP contribution in [-0.2, 0) is 4.74 Å². The van der Waals surface area contributed by atoms with Gasteiger partial charge in [0, 0.05) is 17.5 Å². The number of hydrogen-bond donors (Lipinski definition) is 0. The molecule has 0 spiro atoms. The second-order valence-electron chi connectivity index (χ2n) is 6.71. The number of ether oxygens (including phenoxy) is 1. The number of carbonyl (C=O) groups excluding carboxylic acids is 2. The lowest BCUT2D eigenvalue weighted by atomic mass is 9.85. The molecule has 114 valence electrons. The maximum Gasteiger partial charge on any atom is 0.415 e. The first kappa shape index (κ1) is 15.5. The molecule has 0 bridgehead atoms. The van der Waals surface area contributed by atoms with Gasteiger partial charge in [0.15, 0.2) is 5.78 Å². The Kier molecular flexibility index (Phi) is 3.83. The number of anilines is 1. The van der Waals surface area contributed by atoms with E-state index in [0.29, 0.717) is 11.3 Å². The molecular weight excluding hydrogens is 266 g/mol. The van der Waals surface area contributed by atoms with Crippen molar-refractivity contribution in [3.8, 4) is 0 Å². The summed E-state index contributed by atoms with van der Waals surface area (Å²) in [6.07, 6.45) is -0.398. The summed E-state index contributed by atoms with van der Waals surface area (Å²) >= 11 is 0. The summed E-state index contributed by atoms with van der Waals surface area (Å²) in [4.78, 5) is 26.7. The molecule has 0 N–H and O–H groups in total. The minimum atomic E-state index is -0.565. The van der Waals surface area contributed by atoms with Crippen LogP contribution in [0.3, 0.4) is 0 Å². The normalized spacial score (nSPS) is 22.0. The number of hydrogen-bond acceptors (Lipinski definition) is 3. The summed E-state index contributed by atoms with van der Waals surface area (Å²) in [5, 5.41) is 0. The highest BCUT2D eigenvalue weighted by molar-refractivity contribution is 6.10. The van der Waals surface area contributed by atoms with Crippen molar-refractivity contribution in [3.63, 3.8) is 0 Å². The highest BCUT2D eigenvalue weighted by atomic mass is 16.6. The summed E-state index contributed by atoms with van der Waals surface area (Å²) < 4.78 is 5.52. The summed E-state index contributed by atoms with van der Waals surface area (Å²) in [5.41, 5.74) is 1.63. The van der Waals surface area contributed by atoms with E-state index in [1.165, 1.54) is 0 Å². The van der Waals surface area contributed by atoms with Crippen LogP contribution < -0.4 is 4.90 Å². The van der Waals surface area contributed by atoms with Crippen LogP contribution in [0.2, 0.25) is 0 Å². The van der Waals surface area contributed by atoms with Crippen LogP contribution in [0.5, 0.6) is 0 Å². The Morgan fingerprint density at radius 2 is 1.86 bits per heavy atom. The smallest absolute Gasteiger partial charge is 0.415 e. The van der Waals surface area contributed by atoms with Gasteiger partial charge in [-0.25, -0.2) is 4.79 Å². The van der Waals surface area contributed by atoms with Gasteiger partial charge in [0.25, 0.3) is 0 Å². The van der Waals surface area contributed by atoms with E-state index >= 15 is 0 Å². The number of rotatable bonds is 0. The second-order valence-corrected chi connectivity index (χ2v) is 6.71. The standard InChI is InChI=1S/C17H23NO3/c1-10-8-7-9-13-14(10)18(12(3)11(2)15(13)19)16(20)21-17(4,5)6/h7-9,11-12H,1-6H3. The molecule has 2 unspecified atom stereocenters. The van der Waals surface area contributed by atoms with Crippen molar-refractivity contribution >= 4 is 17.6 Å². The van der Waals surface area contributed by atoms with Crippen LogP contribution in [0.4, 0.5) is 10.5 Å². The number of fused-ring (bicyclic) bond motifs is 1. The van der Waals surface area contributed by atoms with E-state index in [-0.39, 0.29) is 17.7 Å². The van der Waals surface area contributed by atoms with Gasteiger partial charge in [-0.05, 0) is 46.2 Å². The van der Waals surface area contributed by atoms with E-state index in [1.54, 1.807) is 11.0 Å². The molecule has 2 atom stereocenters. The first-order chi connectivity index (χ1) is 9.63. The predicted molar refractivity (Wildman–Crippen MR) is 82.8 cm³/mol. The van der Waals surface area contributed by atoms with E-state index in [0.717, 1.165) is 5.56 Å². The van der Waals surface area contributed by atoms with E-state index in [1.807, 2.05) is 53.7 Å². The lowest BCUT2D eigenvalue weighted by Gasteiger charge is -2.39. The fraction of sp³-hybridized carbons (Fsp3) is 0.529. The van der Waals surface area contributed by atoms with E-state index in [9.17, 15) is 9.59 Å². The first-order valence-electron chi connectivity index (χ1n) is 7.29. The van der Waals surface area contributed by atoms with Gasteiger partial charge in [0.1, 0.15) is 5.60 Å². The second kappa shape index (κ2) is 5.17. The van der Waals surface area contributed by atoms with E-state index < -0.39 is 11.7 Å². The van der Waals surface area contributed by atoms with Crippen LogP contribution in [0.15, 0.2) is 18.2 Å². The Labute approximate surface area is 126 Å². The molecule has 1 aromatic carbocycles. The zero-order valence-corrected chi connectivity index (χ0v) is 13.6. The monoisotopic (exact) mass is 289 g/mol. The third-order valence-electron chi connectivity index (χ3n) is 3.88. The number of ketones is 1. The molecule has 4 nitrogen and oxygen atoms in total. The molecule has 0 aromatic heterocycles. The van der Waals surface area contributed by atoms with Gasteiger partial charge in [0.05, 0.1) is 5.69 Å². The Bertz CT molecular complexity index is 586. The van der Waals surface area contributed by atoms with Crippen LogP contribution in [0.25, 0.3) is 0 Å².